The molecule has 1 aliphatic heterocycles. The van der Waals surface area contributed by atoms with Gasteiger partial charge in [-0.2, -0.15) is 0 Å². The van der Waals surface area contributed by atoms with Crippen LogP contribution in [0.1, 0.15) is 23.5 Å². The number of hydrogen-bond acceptors (Lipinski definition) is 6. The zero-order chi connectivity index (χ0) is 24.8. The molecule has 2 unspecified atom stereocenters. The van der Waals surface area contributed by atoms with Crippen LogP contribution in [0.3, 0.4) is 0 Å². The molecule has 1 fully saturated rings. The normalized spacial score (nSPS) is 18.3. The van der Waals surface area contributed by atoms with Crippen molar-refractivity contribution in [2.45, 2.75) is 18.4 Å². The minimum absolute atomic E-state index is 0.0831. The molecule has 0 aromatic heterocycles. The summed E-state index contributed by atoms with van der Waals surface area (Å²) in [5.74, 6) is -2.56. The summed E-state index contributed by atoms with van der Waals surface area (Å²) in [6, 6.07) is 16.0. The van der Waals surface area contributed by atoms with Gasteiger partial charge in [-0.3, -0.25) is 14.4 Å². The molecular weight excluding hydrogens is 454 g/mol. The Kier molecular flexibility index (Phi) is 7.61. The molecule has 3 amide bonds. The number of nitrogens with one attached hydrogen (secondary N) is 3. The van der Waals surface area contributed by atoms with Crippen LogP contribution in [0.5, 0.6) is 0 Å². The van der Waals surface area contributed by atoms with Gasteiger partial charge in [0.2, 0.25) is 11.8 Å². The third kappa shape index (κ3) is 5.96. The second kappa shape index (κ2) is 11.0. The van der Waals surface area contributed by atoms with Gasteiger partial charge in [0.25, 0.3) is 0 Å². The van der Waals surface area contributed by atoms with Crippen molar-refractivity contribution >= 4 is 23.9 Å². The van der Waals surface area contributed by atoms with Crippen LogP contribution in [0.4, 0.5) is 4.79 Å². The van der Waals surface area contributed by atoms with Gasteiger partial charge in [-0.15, -0.1) is 0 Å². The smallest absolute Gasteiger partial charge is 0.407 e. The molecule has 35 heavy (non-hydrogen) atoms. The summed E-state index contributed by atoms with van der Waals surface area (Å²) in [5, 5.41) is 16.3. The van der Waals surface area contributed by atoms with Gasteiger partial charge in [0.15, 0.2) is 0 Å². The maximum atomic E-state index is 12.1. The van der Waals surface area contributed by atoms with Crippen LogP contribution >= 0.6 is 0 Å². The molecule has 10 heteroatoms. The predicted molar refractivity (Wildman–Crippen MR) is 125 cm³/mol. The zero-order valence-electron chi connectivity index (χ0n) is 19.0. The van der Waals surface area contributed by atoms with Crippen LogP contribution in [-0.4, -0.2) is 67.9 Å². The average molecular weight is 482 g/mol. The zero-order valence-corrected chi connectivity index (χ0v) is 19.0. The molecule has 2 atom stereocenters. The molecule has 1 aliphatic carbocycles. The number of ether oxygens (including phenoxy) is 2. The van der Waals surface area contributed by atoms with Gasteiger partial charge in [0.1, 0.15) is 13.2 Å². The quantitative estimate of drug-likeness (QED) is 0.422. The van der Waals surface area contributed by atoms with Crippen LogP contribution in [0.2, 0.25) is 0 Å². The molecule has 2 aromatic carbocycles. The number of fused-ring (bicyclic) bond motifs is 3. The molecule has 4 rings (SSSR count). The summed E-state index contributed by atoms with van der Waals surface area (Å²) in [6.45, 7) is -0.198. The lowest BCUT2D eigenvalue weighted by Gasteiger charge is -2.14. The molecule has 0 bridgehead atoms. The number of benzene rings is 2. The highest BCUT2D eigenvalue weighted by Crippen LogP contribution is 2.44. The van der Waals surface area contributed by atoms with Crippen molar-refractivity contribution in [3.63, 3.8) is 0 Å². The SMILES string of the molecule is O=C(CNC(=O)CNC(=O)OCC1c2ccccc2-c2ccccc21)NCC1CC(C(=O)O)CO1. The Hall–Kier alpha value is -3.92. The topological polar surface area (TPSA) is 143 Å². The molecule has 0 spiro atoms. The Morgan fingerprint density at radius 3 is 2.11 bits per heavy atom. The van der Waals surface area contributed by atoms with Gasteiger partial charge in [-0.05, 0) is 28.7 Å². The highest BCUT2D eigenvalue weighted by Gasteiger charge is 2.31. The first-order chi connectivity index (χ1) is 16.9. The maximum Gasteiger partial charge on any atom is 0.407 e. The van der Waals surface area contributed by atoms with E-state index < -0.39 is 29.8 Å². The van der Waals surface area contributed by atoms with Crippen LogP contribution in [-0.2, 0) is 23.9 Å². The third-order valence-electron chi connectivity index (χ3n) is 6.14. The monoisotopic (exact) mass is 481 g/mol. The van der Waals surface area contributed by atoms with E-state index in [1.807, 2.05) is 48.5 Å². The minimum Gasteiger partial charge on any atom is -0.481 e. The van der Waals surface area contributed by atoms with Crippen molar-refractivity contribution in [2.24, 2.45) is 5.92 Å². The molecule has 0 saturated carbocycles. The number of carboxylic acids is 1. The van der Waals surface area contributed by atoms with Crippen LogP contribution in [0, 0.1) is 5.92 Å². The largest absolute Gasteiger partial charge is 0.481 e. The van der Waals surface area contributed by atoms with Crippen LogP contribution in [0.25, 0.3) is 11.1 Å². The Morgan fingerprint density at radius 2 is 1.49 bits per heavy atom. The van der Waals surface area contributed by atoms with Crippen LogP contribution < -0.4 is 16.0 Å². The van der Waals surface area contributed by atoms with Gasteiger partial charge in [-0.25, -0.2) is 4.79 Å². The first-order valence-electron chi connectivity index (χ1n) is 11.4. The number of carbonyl (C=O) groups excluding carboxylic acids is 3. The molecular formula is C25H27N3O7. The lowest BCUT2D eigenvalue weighted by Crippen LogP contribution is -2.43. The number of amides is 3. The summed E-state index contributed by atoms with van der Waals surface area (Å²) < 4.78 is 10.7. The van der Waals surface area contributed by atoms with E-state index in [9.17, 15) is 19.2 Å². The molecule has 2 aromatic rings. The Morgan fingerprint density at radius 1 is 0.886 bits per heavy atom. The summed E-state index contributed by atoms with van der Waals surface area (Å²) in [5.41, 5.74) is 4.42. The van der Waals surface area contributed by atoms with E-state index in [0.29, 0.717) is 6.42 Å². The minimum atomic E-state index is -0.921. The molecule has 1 saturated heterocycles. The van der Waals surface area contributed by atoms with Gasteiger partial charge < -0.3 is 30.5 Å². The molecule has 10 nitrogen and oxygen atoms in total. The van der Waals surface area contributed by atoms with Crippen molar-refractivity contribution in [3.05, 3.63) is 59.7 Å². The Labute approximate surface area is 202 Å². The van der Waals surface area contributed by atoms with Crippen molar-refractivity contribution in [1.82, 2.24) is 16.0 Å². The standard InChI is InChI=1S/C25H27N3O7/c29-22(26-10-16-9-15(13-34-16)24(31)32)11-27-23(30)12-28-25(33)35-14-21-19-7-3-1-5-17(19)18-6-2-4-8-20(18)21/h1-8,15-16,21H,9-14H2,(H,26,29)(H,27,30)(H,28,33)(H,31,32). The van der Waals surface area contributed by atoms with E-state index in [0.717, 1.165) is 22.3 Å². The van der Waals surface area contributed by atoms with Gasteiger partial charge in [0, 0.05) is 12.5 Å². The van der Waals surface area contributed by atoms with E-state index in [2.05, 4.69) is 16.0 Å². The van der Waals surface area contributed by atoms with Crippen molar-refractivity contribution in [1.29, 1.82) is 0 Å². The number of rotatable bonds is 9. The second-order valence-electron chi connectivity index (χ2n) is 8.49. The fourth-order valence-corrected chi connectivity index (χ4v) is 4.35. The predicted octanol–water partition coefficient (Wildman–Crippen LogP) is 1.25. The Balaban J connectivity index is 1.14. The number of alkyl carbamates (subject to hydrolysis) is 1. The van der Waals surface area contributed by atoms with Gasteiger partial charge in [0.05, 0.1) is 25.2 Å². The number of hydrogen-bond donors (Lipinski definition) is 4. The highest BCUT2D eigenvalue weighted by atomic mass is 16.5. The summed E-state index contributed by atoms with van der Waals surface area (Å²) in [6.07, 6.45) is -0.768. The van der Waals surface area contributed by atoms with Crippen molar-refractivity contribution < 1.29 is 33.8 Å². The average Bonchev–Trinajstić information content (AvgIpc) is 3.47. The van der Waals surface area contributed by atoms with Crippen molar-refractivity contribution in [3.8, 4) is 11.1 Å². The maximum absolute atomic E-state index is 12.1. The lowest BCUT2D eigenvalue weighted by atomic mass is 9.98. The number of carboxylic acid groups (broad SMARTS) is 1. The summed E-state index contributed by atoms with van der Waals surface area (Å²) >= 11 is 0. The van der Waals surface area contributed by atoms with E-state index in [1.54, 1.807) is 0 Å². The van der Waals surface area contributed by atoms with Crippen molar-refractivity contribution in [2.75, 3.05) is 32.8 Å². The molecule has 0 radical (unpaired) electrons. The van der Waals surface area contributed by atoms with E-state index in [1.165, 1.54) is 0 Å². The molecule has 184 valence electrons. The molecule has 4 N–H and O–H groups in total. The first-order valence-corrected chi connectivity index (χ1v) is 11.4. The van der Waals surface area contributed by atoms with Gasteiger partial charge in [-0.1, -0.05) is 48.5 Å². The van der Waals surface area contributed by atoms with Crippen LogP contribution in [0.15, 0.2) is 48.5 Å². The second-order valence-corrected chi connectivity index (χ2v) is 8.49. The summed E-state index contributed by atoms with van der Waals surface area (Å²) in [4.78, 5) is 46.9. The third-order valence-corrected chi connectivity index (χ3v) is 6.14. The fraction of sp³-hybridized carbons (Fsp3) is 0.360. The highest BCUT2D eigenvalue weighted by molar-refractivity contribution is 5.87. The Bertz CT molecular complexity index is 1070. The van der Waals surface area contributed by atoms with E-state index >= 15 is 0 Å². The lowest BCUT2D eigenvalue weighted by molar-refractivity contribution is -0.141. The molecule has 2 aliphatic rings. The molecule has 1 heterocycles. The van der Waals surface area contributed by atoms with E-state index in [4.69, 9.17) is 14.6 Å². The number of carbonyl (C=O) groups is 4. The summed E-state index contributed by atoms with van der Waals surface area (Å²) in [7, 11) is 0. The van der Waals surface area contributed by atoms with E-state index in [-0.39, 0.29) is 44.9 Å². The fourth-order valence-electron chi connectivity index (χ4n) is 4.35. The first kappa shape index (κ1) is 24.2. The van der Waals surface area contributed by atoms with Gasteiger partial charge >= 0.3 is 12.1 Å². The number of aliphatic carboxylic acids is 1.